The molecule has 599 valence electrons. The number of rotatable bonds is 12. The molecule has 14 heteroatoms. The second-order valence-electron chi connectivity index (χ2n) is 25.2. The maximum atomic E-state index is 10.0. The van der Waals surface area contributed by atoms with Crippen LogP contribution < -0.4 is 0 Å². The Balaban J connectivity index is 0.000000235. The SMILES string of the molecule is CC(=O)C=C(C)O.Cc1cc(-c2[c-]cccc2)ncc1-c1ccccc1.Cc1ccccc1-c1ccnc(-c2[c-]cccc2)c1.N#Cc1ccc(-c2ccc(-c3[c-]cccc3)nc2)cc1.[2H]c1c([2H])c([2H])c(-c2ccc(-c3[c-]cccc3)nc2)c([2H])c1[2H].[2H]c1c([2H])c([2H])c(-c2cnc(-c3[c-]cccc3)cc2C)c([2H])c1[2H].[Ir].[Ir].[Ir].[Ir].[Ir].[c-]1ccccc1-c1ccccn1. The van der Waals surface area contributed by atoms with Gasteiger partial charge in [0.05, 0.1) is 31.1 Å². The molecule has 0 aliphatic carbocycles. The van der Waals surface area contributed by atoms with Gasteiger partial charge in [-0.05, 0) is 154 Å². The molecule has 9 nitrogen and oxygen atoms in total. The van der Waals surface area contributed by atoms with E-state index in [0.29, 0.717) is 22.4 Å². The number of aliphatic hydroxyl groups is 1. The zero-order valence-electron chi connectivity index (χ0n) is 74.9. The second-order valence-corrected chi connectivity index (χ2v) is 25.2. The maximum absolute atomic E-state index is 10.0. The Morgan fingerprint density at radius 3 is 1.08 bits per heavy atom. The molecule has 0 fully saturated rings. The molecule has 17 aromatic rings. The van der Waals surface area contributed by atoms with Crippen LogP contribution in [0.5, 0.6) is 0 Å². The zero-order chi connectivity index (χ0) is 88.0. The molecule has 0 saturated carbocycles. The van der Waals surface area contributed by atoms with Crippen LogP contribution >= 0.6 is 0 Å². The second kappa shape index (κ2) is 52.1. The summed E-state index contributed by atoms with van der Waals surface area (Å²) in [6.45, 7) is 8.94. The summed E-state index contributed by atoms with van der Waals surface area (Å²) in [7, 11) is 0. The number of hydrogen-bond donors (Lipinski definition) is 1. The topological polar surface area (TPSA) is 138 Å². The number of aromatic nitrogens is 6. The van der Waals surface area contributed by atoms with Crippen molar-refractivity contribution in [1.29, 1.82) is 5.26 Å². The molecule has 0 atom stereocenters. The van der Waals surface area contributed by atoms with E-state index in [2.05, 4.69) is 141 Å². The number of allylic oxidation sites excluding steroid dienone is 2. The Bertz CT molecular complexity index is 6400. The number of benzene rings is 11. The molecule has 0 aliphatic heterocycles. The van der Waals surface area contributed by atoms with E-state index in [4.69, 9.17) is 24.1 Å². The molecule has 5 radical (unpaired) electrons. The summed E-state index contributed by atoms with van der Waals surface area (Å²) in [6, 6.07) is 112. The van der Waals surface area contributed by atoms with Gasteiger partial charge in [-0.25, -0.2) is 0 Å². The first-order valence-corrected chi connectivity index (χ1v) is 36.3. The molecule has 6 heterocycles. The van der Waals surface area contributed by atoms with Gasteiger partial charge in [0.25, 0.3) is 0 Å². The van der Waals surface area contributed by atoms with Gasteiger partial charge in [-0.3, -0.25) is 4.79 Å². The van der Waals surface area contributed by atoms with Crippen molar-refractivity contribution in [3.8, 4) is 129 Å². The summed E-state index contributed by atoms with van der Waals surface area (Å²) >= 11 is 0. The van der Waals surface area contributed by atoms with Crippen LogP contribution in [0.4, 0.5) is 0 Å². The molecule has 17 rings (SSSR count). The Labute approximate surface area is 781 Å². The van der Waals surface area contributed by atoms with E-state index in [0.717, 1.165) is 78.5 Å². The van der Waals surface area contributed by atoms with Gasteiger partial charge in [-0.15, -0.1) is 215 Å². The van der Waals surface area contributed by atoms with E-state index >= 15 is 0 Å². The van der Waals surface area contributed by atoms with Crippen molar-refractivity contribution in [3.05, 3.63) is 459 Å². The van der Waals surface area contributed by atoms with Crippen molar-refractivity contribution in [3.63, 3.8) is 0 Å². The quantitative estimate of drug-likeness (QED) is 0.0720. The first-order chi connectivity index (χ1) is 60.1. The largest absolute Gasteiger partial charge is 0.512 e. The summed E-state index contributed by atoms with van der Waals surface area (Å²) in [5.41, 5.74) is 23.2. The minimum atomic E-state index is -0.396. The molecule has 0 spiro atoms. The number of aryl methyl sites for hydroxylation is 3. The predicted molar refractivity (Wildman–Crippen MR) is 464 cm³/mol. The first-order valence-electron chi connectivity index (χ1n) is 41.3. The Kier molecular flexibility index (Phi) is 35.5. The van der Waals surface area contributed by atoms with Gasteiger partial charge in [0.15, 0.2) is 5.78 Å². The van der Waals surface area contributed by atoms with Crippen LogP contribution in [-0.4, -0.2) is 40.8 Å². The standard InChI is InChI=1S/C18H11N2.3C18H14N.C17H12N.C11H8N.C5H8O2.5Ir/c19-12-14-6-8-15(9-7-14)17-10-11-18(20-13-17)16-4-2-1-3-5-16;2*1-14-12-18(16-10-6-3-7-11-16)19-13-17(14)15-8-4-2-5-9-15;1-14-7-5-6-10-17(14)16-11-12-19-18(13-16)15-8-3-2-4-9-15;1-3-7-14(8-4-1)16-11-12-17(18-13-16)15-9-5-2-6-10-15;1-2-6-10(7-3-1)11-8-4-5-9-12-11;1-4(6)3-5(2)7;;;;;/h1-4,6-11,13H;2*2-10,12-13H,1H3;2-8,10-13H,1H3;1-9,11-13H;1-6,8-9H;3,6H,1-2H3;;;;;/q6*-1;;;;;;/i;2D,4D,5D,8D,9D;;;1D,3D,4D,7D,8D;;;;;;;. The number of carbonyl (C=O) groups is 1. The number of nitrogens with zero attached hydrogens (tertiary/aromatic N) is 7. The summed E-state index contributed by atoms with van der Waals surface area (Å²) in [4.78, 5) is 36.4. The van der Waals surface area contributed by atoms with Crippen LogP contribution in [0.2, 0.25) is 0 Å². The van der Waals surface area contributed by atoms with Gasteiger partial charge >= 0.3 is 0 Å². The molecule has 1 N–H and O–H groups in total. The van der Waals surface area contributed by atoms with Gasteiger partial charge in [-0.2, -0.15) is 5.26 Å². The maximum Gasteiger partial charge on any atom is 0.155 e. The monoisotopic (exact) mass is 2450 g/mol. The fourth-order valence-electron chi connectivity index (χ4n) is 11.3. The molecular formula is C105H81Ir5N7O2-6. The van der Waals surface area contributed by atoms with E-state index in [1.165, 1.54) is 59.5 Å². The molecule has 0 bridgehead atoms. The van der Waals surface area contributed by atoms with Crippen molar-refractivity contribution in [2.45, 2.75) is 34.6 Å². The van der Waals surface area contributed by atoms with Crippen LogP contribution in [0.1, 0.15) is 49.8 Å². The van der Waals surface area contributed by atoms with Crippen molar-refractivity contribution >= 4 is 5.78 Å². The van der Waals surface area contributed by atoms with Crippen molar-refractivity contribution in [2.24, 2.45) is 0 Å². The minimum Gasteiger partial charge on any atom is -0.512 e. The summed E-state index contributed by atoms with van der Waals surface area (Å²) in [6.07, 6.45) is 11.7. The molecular weight excluding hydrogens is 2350 g/mol. The molecule has 0 unspecified atom stereocenters. The molecule has 119 heavy (non-hydrogen) atoms. The van der Waals surface area contributed by atoms with E-state index in [1.807, 2.05) is 238 Å². The van der Waals surface area contributed by atoms with Gasteiger partial charge in [-0.1, -0.05) is 182 Å². The molecule has 0 aliphatic rings. The molecule has 6 aromatic heterocycles. The van der Waals surface area contributed by atoms with Crippen LogP contribution in [-0.2, 0) is 105 Å². The van der Waals surface area contributed by atoms with Crippen LogP contribution in [0.15, 0.2) is 401 Å². The summed E-state index contributed by atoms with van der Waals surface area (Å²) in [5, 5.41) is 17.2. The third kappa shape index (κ3) is 30.3. The van der Waals surface area contributed by atoms with E-state index < -0.39 is 12.1 Å². The van der Waals surface area contributed by atoms with E-state index in [1.54, 1.807) is 36.7 Å². The van der Waals surface area contributed by atoms with E-state index in [9.17, 15) is 4.79 Å². The fraction of sp³-hybridized carbons (Fsp3) is 0.0476. The molecule has 11 aromatic carbocycles. The molecule has 0 amide bonds. The average Bonchev–Trinajstić information content (AvgIpc) is 0.790. The average molecular weight is 2440 g/mol. The first kappa shape index (κ1) is 81.0. The van der Waals surface area contributed by atoms with E-state index in [-0.39, 0.29) is 172 Å². The number of carbonyl (C=O) groups excluding carboxylic acids is 1. The normalized spacial score (nSPS) is 11.0. The predicted octanol–water partition coefficient (Wildman–Crippen LogP) is 25.4. The van der Waals surface area contributed by atoms with Gasteiger partial charge < -0.3 is 35.0 Å². The van der Waals surface area contributed by atoms with Crippen molar-refractivity contribution in [2.75, 3.05) is 0 Å². The third-order valence-corrected chi connectivity index (χ3v) is 16.9. The minimum absolute atomic E-state index is 0. The Morgan fingerprint density at radius 1 is 0.328 bits per heavy atom. The smallest absolute Gasteiger partial charge is 0.155 e. The van der Waals surface area contributed by atoms with Gasteiger partial charge in [0.2, 0.25) is 0 Å². The number of aliphatic hydroxyl groups excluding tert-OH is 1. The fourth-order valence-corrected chi connectivity index (χ4v) is 11.3. The van der Waals surface area contributed by atoms with Crippen LogP contribution in [0.3, 0.4) is 0 Å². The van der Waals surface area contributed by atoms with Crippen molar-refractivity contribution in [1.82, 2.24) is 29.9 Å². The number of hydrogen-bond acceptors (Lipinski definition) is 9. The number of pyridine rings is 6. The Hall–Kier alpha value is -11.7. The van der Waals surface area contributed by atoms with Gasteiger partial charge in [0, 0.05) is 155 Å². The summed E-state index contributed by atoms with van der Waals surface area (Å²) in [5.74, 6) is -0.0625. The number of nitriles is 1. The van der Waals surface area contributed by atoms with Gasteiger partial charge in [0.1, 0.15) is 0 Å². The zero-order valence-corrected chi connectivity index (χ0v) is 76.9. The Morgan fingerprint density at radius 2 is 0.697 bits per heavy atom. The third-order valence-electron chi connectivity index (χ3n) is 16.9. The summed E-state index contributed by atoms with van der Waals surface area (Å²) < 4.78 is 78.5. The van der Waals surface area contributed by atoms with Crippen LogP contribution in [0, 0.1) is 68.5 Å². The molecule has 0 saturated heterocycles. The number of ketones is 1. The van der Waals surface area contributed by atoms with Crippen molar-refractivity contribution < 1.29 is 124 Å². The van der Waals surface area contributed by atoms with Crippen LogP contribution in [0.25, 0.3) is 123 Å².